The normalized spacial score (nSPS) is 11.4. The summed E-state index contributed by atoms with van der Waals surface area (Å²) in [7, 11) is 0. The van der Waals surface area contributed by atoms with Crippen LogP contribution in [0.15, 0.2) is 69.1 Å². The molecule has 0 aliphatic rings. The van der Waals surface area contributed by atoms with E-state index in [-0.39, 0.29) is 5.63 Å². The molecule has 5 nitrogen and oxygen atoms in total. The second kappa shape index (κ2) is 7.79. The van der Waals surface area contributed by atoms with Crippen LogP contribution in [-0.2, 0) is 5.75 Å². The van der Waals surface area contributed by atoms with Gasteiger partial charge in [0, 0.05) is 22.8 Å². The third-order valence-corrected chi connectivity index (χ3v) is 5.98. The minimum atomic E-state index is -0.342. The zero-order valence-corrected chi connectivity index (χ0v) is 17.5. The molecule has 0 aliphatic heterocycles. The van der Waals surface area contributed by atoms with Crippen LogP contribution in [0.1, 0.15) is 36.5 Å². The number of nitrogens with zero attached hydrogens (tertiary/aromatic N) is 2. The first-order valence-corrected chi connectivity index (χ1v) is 10.5. The zero-order chi connectivity index (χ0) is 20.5. The predicted octanol–water partition coefficient (Wildman–Crippen LogP) is 5.09. The number of thioether (sulfide) groups is 1. The number of aromatic nitrogens is 2. The number of benzene rings is 2. The number of rotatable bonds is 5. The summed E-state index contributed by atoms with van der Waals surface area (Å²) in [5.74, 6) is 7.09. The molecule has 0 saturated carbocycles. The number of imidazole rings is 1. The van der Waals surface area contributed by atoms with Crippen LogP contribution in [0, 0.1) is 6.92 Å². The van der Waals surface area contributed by atoms with Crippen LogP contribution < -0.4 is 11.5 Å². The monoisotopic (exact) mass is 405 g/mol. The van der Waals surface area contributed by atoms with Gasteiger partial charge in [-0.15, -0.1) is 0 Å². The van der Waals surface area contributed by atoms with E-state index >= 15 is 0 Å². The van der Waals surface area contributed by atoms with Gasteiger partial charge in [0.05, 0.1) is 11.9 Å². The van der Waals surface area contributed by atoms with Gasteiger partial charge in [-0.25, -0.2) is 14.5 Å². The van der Waals surface area contributed by atoms with Crippen LogP contribution in [0.2, 0.25) is 0 Å². The molecule has 0 radical (unpaired) electrons. The first-order chi connectivity index (χ1) is 13.9. The van der Waals surface area contributed by atoms with Crippen molar-refractivity contribution in [1.29, 1.82) is 0 Å². The molecular formula is C23H23N3O2S. The van der Waals surface area contributed by atoms with Crippen molar-refractivity contribution in [3.05, 3.63) is 81.8 Å². The molecule has 0 bridgehead atoms. The third kappa shape index (κ3) is 3.93. The summed E-state index contributed by atoms with van der Waals surface area (Å²) in [6.07, 6.45) is 1.81. The Morgan fingerprint density at radius 1 is 1.17 bits per heavy atom. The van der Waals surface area contributed by atoms with Crippen LogP contribution >= 0.6 is 11.8 Å². The Labute approximate surface area is 173 Å². The zero-order valence-electron chi connectivity index (χ0n) is 16.7. The van der Waals surface area contributed by atoms with E-state index in [2.05, 4.69) is 24.9 Å². The molecule has 0 atom stereocenters. The average molecular weight is 406 g/mol. The fraction of sp³-hybridized carbons (Fsp3) is 0.217. The van der Waals surface area contributed by atoms with Gasteiger partial charge in [-0.1, -0.05) is 55.9 Å². The van der Waals surface area contributed by atoms with Crippen molar-refractivity contribution in [2.24, 2.45) is 0 Å². The second-order valence-electron chi connectivity index (χ2n) is 7.42. The summed E-state index contributed by atoms with van der Waals surface area (Å²) < 4.78 is 6.98. The summed E-state index contributed by atoms with van der Waals surface area (Å²) in [6, 6.07) is 15.6. The molecule has 0 aliphatic carbocycles. The highest BCUT2D eigenvalue weighted by atomic mass is 32.2. The van der Waals surface area contributed by atoms with Crippen molar-refractivity contribution < 1.29 is 4.42 Å². The van der Waals surface area contributed by atoms with Crippen molar-refractivity contribution >= 4 is 22.7 Å². The molecule has 148 valence electrons. The fourth-order valence-corrected chi connectivity index (χ4v) is 4.39. The van der Waals surface area contributed by atoms with Gasteiger partial charge in [0.2, 0.25) is 0 Å². The lowest BCUT2D eigenvalue weighted by molar-refractivity contribution is 0.559. The molecule has 4 aromatic rings. The van der Waals surface area contributed by atoms with Gasteiger partial charge < -0.3 is 10.3 Å². The van der Waals surface area contributed by atoms with E-state index < -0.39 is 0 Å². The average Bonchev–Trinajstić information content (AvgIpc) is 3.06. The highest BCUT2D eigenvalue weighted by Crippen LogP contribution is 2.31. The highest BCUT2D eigenvalue weighted by molar-refractivity contribution is 7.98. The fourth-order valence-electron chi connectivity index (χ4n) is 3.51. The van der Waals surface area contributed by atoms with E-state index in [9.17, 15) is 4.79 Å². The summed E-state index contributed by atoms with van der Waals surface area (Å²) in [6.45, 7) is 6.38. The smallest absolute Gasteiger partial charge is 0.336 e. The molecule has 2 heterocycles. The number of aryl methyl sites for hydroxylation is 1. The summed E-state index contributed by atoms with van der Waals surface area (Å²) in [5.41, 5.74) is 5.43. The van der Waals surface area contributed by atoms with Crippen LogP contribution in [-0.4, -0.2) is 9.66 Å². The minimum Gasteiger partial charge on any atom is -0.423 e. The van der Waals surface area contributed by atoms with Crippen molar-refractivity contribution in [2.75, 3.05) is 5.84 Å². The number of hydrogen-bond donors (Lipinski definition) is 1. The third-order valence-electron chi connectivity index (χ3n) is 4.96. The van der Waals surface area contributed by atoms with E-state index in [4.69, 9.17) is 10.3 Å². The number of fused-ring (bicyclic) bond motifs is 1. The maximum atomic E-state index is 12.1. The Morgan fingerprint density at radius 2 is 1.93 bits per heavy atom. The molecule has 0 amide bonds. The molecule has 2 aromatic heterocycles. The molecular weight excluding hydrogens is 382 g/mol. The lowest BCUT2D eigenvalue weighted by atomic mass is 9.95. The molecule has 2 N–H and O–H groups in total. The molecule has 0 unspecified atom stereocenters. The Bertz CT molecular complexity index is 1230. The maximum Gasteiger partial charge on any atom is 0.336 e. The lowest BCUT2D eigenvalue weighted by Crippen LogP contribution is -2.08. The van der Waals surface area contributed by atoms with Crippen molar-refractivity contribution in [3.8, 4) is 11.3 Å². The van der Waals surface area contributed by atoms with E-state index in [1.165, 1.54) is 22.0 Å². The van der Waals surface area contributed by atoms with Crippen molar-refractivity contribution in [1.82, 2.24) is 9.66 Å². The first kappa shape index (κ1) is 19.3. The molecule has 29 heavy (non-hydrogen) atoms. The van der Waals surface area contributed by atoms with Gasteiger partial charge in [-0.3, -0.25) is 0 Å². The molecule has 0 fully saturated rings. The summed E-state index contributed by atoms with van der Waals surface area (Å²) in [5, 5.41) is 1.66. The second-order valence-corrected chi connectivity index (χ2v) is 8.36. The molecule has 4 rings (SSSR count). The number of hydrogen-bond acceptors (Lipinski definition) is 5. The van der Waals surface area contributed by atoms with Crippen LogP contribution in [0.5, 0.6) is 0 Å². The summed E-state index contributed by atoms with van der Waals surface area (Å²) >= 11 is 1.50. The van der Waals surface area contributed by atoms with Gasteiger partial charge in [-0.05, 0) is 41.7 Å². The van der Waals surface area contributed by atoms with Gasteiger partial charge in [0.1, 0.15) is 5.58 Å². The van der Waals surface area contributed by atoms with E-state index in [0.29, 0.717) is 22.4 Å². The molecule has 0 spiro atoms. The quantitative estimate of drug-likeness (QED) is 0.284. The maximum absolute atomic E-state index is 12.1. The van der Waals surface area contributed by atoms with Crippen molar-refractivity contribution in [2.45, 2.75) is 37.6 Å². The van der Waals surface area contributed by atoms with E-state index in [1.807, 2.05) is 49.5 Å². The SMILES string of the molecule is Cc1cc2oc(=O)cc(CSc3nc(-c4ccccc4)cn3N)c2cc1C(C)C. The van der Waals surface area contributed by atoms with Gasteiger partial charge in [-0.2, -0.15) is 0 Å². The Kier molecular flexibility index (Phi) is 5.20. The number of nitrogens with two attached hydrogens (primary N) is 1. The minimum absolute atomic E-state index is 0.342. The predicted molar refractivity (Wildman–Crippen MR) is 119 cm³/mol. The topological polar surface area (TPSA) is 74.0 Å². The molecule has 2 aromatic carbocycles. The van der Waals surface area contributed by atoms with Crippen LogP contribution in [0.3, 0.4) is 0 Å². The molecule has 6 heteroatoms. The van der Waals surface area contributed by atoms with Gasteiger partial charge >= 0.3 is 5.63 Å². The van der Waals surface area contributed by atoms with E-state index in [0.717, 1.165) is 27.8 Å². The van der Waals surface area contributed by atoms with E-state index in [1.54, 1.807) is 6.07 Å². The van der Waals surface area contributed by atoms with Gasteiger partial charge in [0.25, 0.3) is 0 Å². The Balaban J connectivity index is 1.67. The highest BCUT2D eigenvalue weighted by Gasteiger charge is 2.14. The van der Waals surface area contributed by atoms with Crippen LogP contribution in [0.25, 0.3) is 22.2 Å². The summed E-state index contributed by atoms with van der Waals surface area (Å²) in [4.78, 5) is 16.7. The van der Waals surface area contributed by atoms with Gasteiger partial charge in [0.15, 0.2) is 5.16 Å². The Hall–Kier alpha value is -2.99. The lowest BCUT2D eigenvalue weighted by Gasteiger charge is -2.13. The number of nitrogen functional groups attached to an aromatic ring is 1. The van der Waals surface area contributed by atoms with Crippen molar-refractivity contribution in [3.63, 3.8) is 0 Å². The molecule has 0 saturated heterocycles. The first-order valence-electron chi connectivity index (χ1n) is 9.52. The largest absolute Gasteiger partial charge is 0.423 e. The Morgan fingerprint density at radius 3 is 2.66 bits per heavy atom. The van der Waals surface area contributed by atoms with Crippen LogP contribution in [0.4, 0.5) is 0 Å². The standard InChI is InChI=1S/C23H23N3O2S/c1-14(2)18-11-19-17(10-22(27)28-21(19)9-15(18)3)13-29-23-25-20(12-26(23)24)16-7-5-4-6-8-16/h4-12,14H,13,24H2,1-3H3.